The molecule has 1 amide bonds. The first-order chi connectivity index (χ1) is 7.54. The zero-order valence-electron chi connectivity index (χ0n) is 9.56. The van der Waals surface area contributed by atoms with E-state index in [1.807, 2.05) is 0 Å². The van der Waals surface area contributed by atoms with Gasteiger partial charge in [-0.1, -0.05) is 6.92 Å². The van der Waals surface area contributed by atoms with Gasteiger partial charge in [-0.25, -0.2) is 0 Å². The molecule has 92 valence electrons. The van der Waals surface area contributed by atoms with Gasteiger partial charge in [-0.3, -0.25) is 9.59 Å². The summed E-state index contributed by atoms with van der Waals surface area (Å²) in [6.45, 7) is 6.10. The van der Waals surface area contributed by atoms with Crippen LogP contribution in [-0.2, 0) is 9.59 Å². The number of likely N-dealkylation sites (N-methyl/N-ethyl adjacent to an activating group) is 1. The van der Waals surface area contributed by atoms with E-state index >= 15 is 0 Å². The molecule has 0 spiro atoms. The Hall–Kier alpha value is -1.14. The van der Waals surface area contributed by atoms with Crippen LogP contribution < -0.4 is 5.73 Å². The lowest BCUT2D eigenvalue weighted by molar-refractivity contribution is -0.143. The van der Waals surface area contributed by atoms with Gasteiger partial charge in [-0.15, -0.1) is 0 Å². The maximum Gasteiger partial charge on any atom is 0.321 e. The molecule has 0 aromatic rings. The first kappa shape index (κ1) is 12.9. The Morgan fingerprint density at radius 3 is 2.31 bits per heavy atom. The molecular weight excluding hydrogens is 210 g/mol. The smallest absolute Gasteiger partial charge is 0.321 e. The van der Waals surface area contributed by atoms with E-state index < -0.39 is 12.0 Å². The Balaban J connectivity index is 2.36. The van der Waals surface area contributed by atoms with Gasteiger partial charge >= 0.3 is 5.97 Å². The van der Waals surface area contributed by atoms with Gasteiger partial charge < -0.3 is 20.6 Å². The second-order valence-corrected chi connectivity index (χ2v) is 3.96. The van der Waals surface area contributed by atoms with Crippen LogP contribution >= 0.6 is 0 Å². The molecule has 0 aliphatic carbocycles. The van der Waals surface area contributed by atoms with Crippen LogP contribution in [0.3, 0.4) is 0 Å². The highest BCUT2D eigenvalue weighted by molar-refractivity contribution is 5.84. The minimum atomic E-state index is -1.12. The normalized spacial score (nSPS) is 19.5. The first-order valence-corrected chi connectivity index (χ1v) is 5.53. The molecule has 0 bridgehead atoms. The summed E-state index contributed by atoms with van der Waals surface area (Å²) in [4.78, 5) is 26.1. The van der Waals surface area contributed by atoms with E-state index in [2.05, 4.69) is 11.8 Å². The first-order valence-electron chi connectivity index (χ1n) is 5.53. The average Bonchev–Trinajstić information content (AvgIpc) is 2.28. The van der Waals surface area contributed by atoms with Gasteiger partial charge in [0.05, 0.1) is 6.42 Å². The quantitative estimate of drug-likeness (QED) is 0.642. The minimum absolute atomic E-state index is 0.110. The molecule has 1 unspecified atom stereocenters. The lowest BCUT2D eigenvalue weighted by atomic mass is 10.2. The fourth-order valence-electron chi connectivity index (χ4n) is 1.72. The van der Waals surface area contributed by atoms with Gasteiger partial charge in [-0.05, 0) is 6.54 Å². The summed E-state index contributed by atoms with van der Waals surface area (Å²) < 4.78 is 0. The van der Waals surface area contributed by atoms with Crippen molar-refractivity contribution in [3.63, 3.8) is 0 Å². The molecule has 1 heterocycles. The minimum Gasteiger partial charge on any atom is -0.480 e. The highest BCUT2D eigenvalue weighted by Gasteiger charge is 2.23. The van der Waals surface area contributed by atoms with Gasteiger partial charge in [0.15, 0.2) is 0 Å². The van der Waals surface area contributed by atoms with Crippen LogP contribution in [0.1, 0.15) is 13.3 Å². The molecule has 1 aliphatic rings. The summed E-state index contributed by atoms with van der Waals surface area (Å²) in [5, 5.41) is 8.61. The summed E-state index contributed by atoms with van der Waals surface area (Å²) in [6, 6.07) is -1.09. The van der Waals surface area contributed by atoms with E-state index in [9.17, 15) is 9.59 Å². The lowest BCUT2D eigenvalue weighted by Crippen LogP contribution is -2.50. The second-order valence-electron chi connectivity index (χ2n) is 3.96. The number of carboxylic acids is 1. The number of hydrogen-bond donors (Lipinski definition) is 2. The van der Waals surface area contributed by atoms with Gasteiger partial charge in [0.25, 0.3) is 0 Å². The molecule has 1 rings (SSSR count). The van der Waals surface area contributed by atoms with Crippen molar-refractivity contribution in [1.29, 1.82) is 0 Å². The third-order valence-corrected chi connectivity index (χ3v) is 2.88. The predicted molar refractivity (Wildman–Crippen MR) is 58.9 cm³/mol. The Labute approximate surface area is 95.0 Å². The van der Waals surface area contributed by atoms with Gasteiger partial charge in [0, 0.05) is 26.2 Å². The molecule has 6 nitrogen and oxygen atoms in total. The van der Waals surface area contributed by atoms with E-state index in [0.29, 0.717) is 13.1 Å². The van der Waals surface area contributed by atoms with Crippen LogP contribution in [-0.4, -0.2) is 65.5 Å². The second kappa shape index (κ2) is 5.81. The van der Waals surface area contributed by atoms with Gasteiger partial charge in [0.1, 0.15) is 6.04 Å². The number of nitrogens with zero attached hydrogens (tertiary/aromatic N) is 2. The lowest BCUT2D eigenvalue weighted by Gasteiger charge is -2.34. The summed E-state index contributed by atoms with van der Waals surface area (Å²) >= 11 is 0. The van der Waals surface area contributed by atoms with E-state index in [4.69, 9.17) is 10.8 Å². The Morgan fingerprint density at radius 2 is 1.88 bits per heavy atom. The summed E-state index contributed by atoms with van der Waals surface area (Å²) in [6.07, 6.45) is -0.110. The molecular formula is C10H19N3O3. The molecule has 1 atom stereocenters. The molecule has 6 heteroatoms. The number of hydrogen-bond acceptors (Lipinski definition) is 4. The monoisotopic (exact) mass is 229 g/mol. The van der Waals surface area contributed by atoms with E-state index in [-0.39, 0.29) is 12.3 Å². The number of carboxylic acid groups (broad SMARTS) is 1. The number of carbonyl (C=O) groups is 2. The van der Waals surface area contributed by atoms with Crippen LogP contribution in [0, 0.1) is 0 Å². The molecule has 0 saturated carbocycles. The third kappa shape index (κ3) is 3.46. The average molecular weight is 229 g/mol. The Morgan fingerprint density at radius 1 is 1.31 bits per heavy atom. The Kier molecular flexibility index (Phi) is 4.70. The van der Waals surface area contributed by atoms with Crippen LogP contribution in [0.4, 0.5) is 0 Å². The molecule has 0 aromatic heterocycles. The van der Waals surface area contributed by atoms with Crippen LogP contribution in [0.15, 0.2) is 0 Å². The summed E-state index contributed by atoms with van der Waals surface area (Å²) in [7, 11) is 0. The summed E-state index contributed by atoms with van der Waals surface area (Å²) in [5.74, 6) is -1.29. The van der Waals surface area contributed by atoms with E-state index in [1.54, 1.807) is 4.90 Å². The number of piperazine rings is 1. The van der Waals surface area contributed by atoms with Crippen LogP contribution in [0.5, 0.6) is 0 Å². The Bertz CT molecular complexity index is 262. The third-order valence-electron chi connectivity index (χ3n) is 2.88. The molecule has 16 heavy (non-hydrogen) atoms. The van der Waals surface area contributed by atoms with Crippen molar-refractivity contribution >= 4 is 11.9 Å². The predicted octanol–water partition coefficient (Wildman–Crippen LogP) is -1.05. The molecule has 1 aliphatic heterocycles. The van der Waals surface area contributed by atoms with Crippen molar-refractivity contribution in [3.8, 4) is 0 Å². The number of rotatable bonds is 4. The topological polar surface area (TPSA) is 86.9 Å². The van der Waals surface area contributed by atoms with Gasteiger partial charge in [0.2, 0.25) is 5.91 Å². The molecule has 1 saturated heterocycles. The highest BCUT2D eigenvalue weighted by Crippen LogP contribution is 2.04. The summed E-state index contributed by atoms with van der Waals surface area (Å²) in [5.41, 5.74) is 5.32. The van der Waals surface area contributed by atoms with Crippen molar-refractivity contribution in [2.24, 2.45) is 5.73 Å². The van der Waals surface area contributed by atoms with Crippen molar-refractivity contribution in [2.45, 2.75) is 19.4 Å². The van der Waals surface area contributed by atoms with E-state index in [1.165, 1.54) is 0 Å². The standard InChI is InChI=1S/C10H19N3O3/c1-2-12-3-5-13(6-4-12)9(14)7-8(11)10(15)16/h8H,2-7,11H2,1H3,(H,15,16). The highest BCUT2D eigenvalue weighted by atomic mass is 16.4. The SMILES string of the molecule is CCN1CCN(C(=O)CC(N)C(=O)O)CC1. The van der Waals surface area contributed by atoms with Gasteiger partial charge in [-0.2, -0.15) is 0 Å². The van der Waals surface area contributed by atoms with Crippen molar-refractivity contribution < 1.29 is 14.7 Å². The van der Waals surface area contributed by atoms with Crippen LogP contribution in [0.2, 0.25) is 0 Å². The van der Waals surface area contributed by atoms with Crippen molar-refractivity contribution in [3.05, 3.63) is 0 Å². The largest absolute Gasteiger partial charge is 0.480 e. The number of aliphatic carboxylic acids is 1. The molecule has 0 aromatic carbocycles. The molecule has 1 fully saturated rings. The number of amides is 1. The number of nitrogens with two attached hydrogens (primary N) is 1. The fraction of sp³-hybridized carbons (Fsp3) is 0.800. The molecule has 0 radical (unpaired) electrons. The van der Waals surface area contributed by atoms with Crippen molar-refractivity contribution in [2.75, 3.05) is 32.7 Å². The molecule has 3 N–H and O–H groups in total. The maximum atomic E-state index is 11.7. The van der Waals surface area contributed by atoms with Crippen molar-refractivity contribution in [1.82, 2.24) is 9.80 Å². The fourth-order valence-corrected chi connectivity index (χ4v) is 1.72. The van der Waals surface area contributed by atoms with E-state index in [0.717, 1.165) is 19.6 Å². The number of carbonyl (C=O) groups excluding carboxylic acids is 1. The maximum absolute atomic E-state index is 11.7. The van der Waals surface area contributed by atoms with Crippen LogP contribution in [0.25, 0.3) is 0 Å². The zero-order chi connectivity index (χ0) is 12.1. The zero-order valence-corrected chi connectivity index (χ0v) is 9.56.